The second kappa shape index (κ2) is 5.18. The molecule has 18 heavy (non-hydrogen) atoms. The standard InChI is InChI=1S/C13H17N3O2/c1-9(2)16-8-12(7-15-16)18-13-5-4-11(6-14-13)10(3)17/h4-10,17H,1-3H3/t10-/m0/s1. The molecule has 5 nitrogen and oxygen atoms in total. The van der Waals surface area contributed by atoms with Crippen LogP contribution in [0.4, 0.5) is 0 Å². The summed E-state index contributed by atoms with van der Waals surface area (Å²) in [7, 11) is 0. The Morgan fingerprint density at radius 2 is 2.00 bits per heavy atom. The minimum absolute atomic E-state index is 0.299. The van der Waals surface area contributed by atoms with Gasteiger partial charge in [0.25, 0.3) is 0 Å². The van der Waals surface area contributed by atoms with Crippen LogP contribution in [0.1, 0.15) is 38.5 Å². The van der Waals surface area contributed by atoms with E-state index in [0.29, 0.717) is 17.7 Å². The SMILES string of the molecule is CC(C)n1cc(Oc2ccc([C@H](C)O)cn2)cn1. The molecule has 0 spiro atoms. The number of nitrogens with zero attached hydrogens (tertiary/aromatic N) is 3. The molecule has 0 radical (unpaired) electrons. The van der Waals surface area contributed by atoms with Crippen LogP contribution in [0.5, 0.6) is 11.6 Å². The molecule has 2 aromatic rings. The highest BCUT2D eigenvalue weighted by Crippen LogP contribution is 2.21. The molecule has 5 heteroatoms. The molecule has 2 rings (SSSR count). The third-order valence-corrected chi connectivity index (χ3v) is 2.57. The fourth-order valence-corrected chi connectivity index (χ4v) is 1.48. The Kier molecular flexibility index (Phi) is 3.62. The molecular formula is C13H17N3O2. The number of aliphatic hydroxyl groups is 1. The molecule has 1 atom stereocenters. The zero-order valence-corrected chi connectivity index (χ0v) is 10.7. The summed E-state index contributed by atoms with van der Waals surface area (Å²) in [6, 6.07) is 3.82. The first-order valence-electron chi connectivity index (χ1n) is 5.92. The first-order valence-corrected chi connectivity index (χ1v) is 5.92. The van der Waals surface area contributed by atoms with Crippen LogP contribution in [0.3, 0.4) is 0 Å². The van der Waals surface area contributed by atoms with Crippen molar-refractivity contribution in [2.24, 2.45) is 0 Å². The molecule has 0 amide bonds. The summed E-state index contributed by atoms with van der Waals surface area (Å²) in [6.07, 6.45) is 4.57. The Balaban J connectivity index is 2.08. The summed E-state index contributed by atoms with van der Waals surface area (Å²) in [5, 5.41) is 13.6. The molecule has 0 saturated carbocycles. The number of ether oxygens (including phenoxy) is 1. The lowest BCUT2D eigenvalue weighted by molar-refractivity contribution is 0.198. The monoisotopic (exact) mass is 247 g/mol. The van der Waals surface area contributed by atoms with Crippen LogP contribution >= 0.6 is 0 Å². The molecule has 0 aliphatic heterocycles. The number of aromatic nitrogens is 3. The van der Waals surface area contributed by atoms with Gasteiger partial charge < -0.3 is 9.84 Å². The van der Waals surface area contributed by atoms with E-state index in [1.807, 2.05) is 24.7 Å². The van der Waals surface area contributed by atoms with E-state index in [0.717, 1.165) is 5.56 Å². The van der Waals surface area contributed by atoms with Crippen LogP contribution in [-0.2, 0) is 0 Å². The molecule has 0 saturated heterocycles. The predicted octanol–water partition coefficient (Wildman–Crippen LogP) is 2.70. The lowest BCUT2D eigenvalue weighted by atomic mass is 10.2. The van der Waals surface area contributed by atoms with Gasteiger partial charge in [-0.25, -0.2) is 4.98 Å². The molecule has 96 valence electrons. The molecule has 2 heterocycles. The van der Waals surface area contributed by atoms with Crippen LogP contribution in [0, 0.1) is 0 Å². The van der Waals surface area contributed by atoms with Gasteiger partial charge in [0.1, 0.15) is 0 Å². The van der Waals surface area contributed by atoms with Gasteiger partial charge >= 0.3 is 0 Å². The predicted molar refractivity (Wildman–Crippen MR) is 67.6 cm³/mol. The van der Waals surface area contributed by atoms with Crippen LogP contribution in [0.25, 0.3) is 0 Å². The summed E-state index contributed by atoms with van der Waals surface area (Å²) < 4.78 is 7.39. The number of hydrogen-bond acceptors (Lipinski definition) is 4. The zero-order valence-electron chi connectivity index (χ0n) is 10.7. The molecular weight excluding hydrogens is 230 g/mol. The van der Waals surface area contributed by atoms with Gasteiger partial charge in [-0.05, 0) is 32.4 Å². The lowest BCUT2D eigenvalue weighted by Crippen LogP contribution is -1.99. The van der Waals surface area contributed by atoms with E-state index in [-0.39, 0.29) is 0 Å². The van der Waals surface area contributed by atoms with Gasteiger partial charge in [-0.15, -0.1) is 0 Å². The molecule has 0 aliphatic rings. The van der Waals surface area contributed by atoms with Gasteiger partial charge in [0.05, 0.1) is 18.5 Å². The average Bonchev–Trinajstić information content (AvgIpc) is 2.78. The van der Waals surface area contributed by atoms with E-state index in [9.17, 15) is 5.11 Å². The highest BCUT2D eigenvalue weighted by molar-refractivity contribution is 5.24. The van der Waals surface area contributed by atoms with Gasteiger partial charge in [0.2, 0.25) is 5.88 Å². The Morgan fingerprint density at radius 3 is 2.50 bits per heavy atom. The Hall–Kier alpha value is -1.88. The van der Waals surface area contributed by atoms with Gasteiger partial charge in [-0.3, -0.25) is 4.68 Å². The summed E-state index contributed by atoms with van der Waals surface area (Å²) in [5.41, 5.74) is 0.764. The maximum atomic E-state index is 9.37. The number of pyridine rings is 1. The average molecular weight is 247 g/mol. The van der Waals surface area contributed by atoms with Crippen molar-refractivity contribution >= 4 is 0 Å². The van der Waals surface area contributed by atoms with Crippen molar-refractivity contribution in [3.05, 3.63) is 36.3 Å². The van der Waals surface area contributed by atoms with Gasteiger partial charge in [0.15, 0.2) is 5.75 Å². The van der Waals surface area contributed by atoms with Crippen LogP contribution < -0.4 is 4.74 Å². The first kappa shape index (κ1) is 12.6. The number of hydrogen-bond donors (Lipinski definition) is 1. The lowest BCUT2D eigenvalue weighted by Gasteiger charge is -2.06. The third-order valence-electron chi connectivity index (χ3n) is 2.57. The normalized spacial score (nSPS) is 12.7. The van der Waals surface area contributed by atoms with Gasteiger partial charge in [-0.2, -0.15) is 5.10 Å². The van der Waals surface area contributed by atoms with Gasteiger partial charge in [0, 0.05) is 18.3 Å². The van der Waals surface area contributed by atoms with Gasteiger partial charge in [-0.1, -0.05) is 0 Å². The number of aliphatic hydroxyl groups excluding tert-OH is 1. The Morgan fingerprint density at radius 1 is 1.22 bits per heavy atom. The second-order valence-electron chi connectivity index (χ2n) is 4.46. The minimum Gasteiger partial charge on any atom is -0.436 e. The molecule has 0 unspecified atom stereocenters. The zero-order chi connectivity index (χ0) is 13.1. The van der Waals surface area contributed by atoms with Crippen molar-refractivity contribution in [2.45, 2.75) is 32.9 Å². The van der Waals surface area contributed by atoms with Crippen molar-refractivity contribution in [2.75, 3.05) is 0 Å². The van der Waals surface area contributed by atoms with E-state index < -0.39 is 6.10 Å². The fourth-order valence-electron chi connectivity index (χ4n) is 1.48. The van der Waals surface area contributed by atoms with E-state index >= 15 is 0 Å². The quantitative estimate of drug-likeness (QED) is 0.902. The van der Waals surface area contributed by atoms with Crippen molar-refractivity contribution in [1.82, 2.24) is 14.8 Å². The Bertz CT molecular complexity index is 503. The molecule has 0 aliphatic carbocycles. The third kappa shape index (κ3) is 2.87. The highest BCUT2D eigenvalue weighted by atomic mass is 16.5. The molecule has 0 bridgehead atoms. The van der Waals surface area contributed by atoms with E-state index in [4.69, 9.17) is 4.74 Å². The number of rotatable bonds is 4. The summed E-state index contributed by atoms with van der Waals surface area (Å²) >= 11 is 0. The second-order valence-corrected chi connectivity index (χ2v) is 4.46. The van der Waals surface area contributed by atoms with E-state index in [1.165, 1.54) is 0 Å². The van der Waals surface area contributed by atoms with Crippen LogP contribution in [0.15, 0.2) is 30.7 Å². The molecule has 2 aromatic heterocycles. The minimum atomic E-state index is -0.518. The van der Waals surface area contributed by atoms with E-state index in [1.54, 1.807) is 31.5 Å². The topological polar surface area (TPSA) is 60.2 Å². The van der Waals surface area contributed by atoms with Crippen molar-refractivity contribution < 1.29 is 9.84 Å². The van der Waals surface area contributed by atoms with Crippen molar-refractivity contribution in [3.8, 4) is 11.6 Å². The molecule has 1 N–H and O–H groups in total. The van der Waals surface area contributed by atoms with Crippen molar-refractivity contribution in [1.29, 1.82) is 0 Å². The smallest absolute Gasteiger partial charge is 0.219 e. The highest BCUT2D eigenvalue weighted by Gasteiger charge is 2.06. The fraction of sp³-hybridized carbons (Fsp3) is 0.385. The van der Waals surface area contributed by atoms with Crippen molar-refractivity contribution in [3.63, 3.8) is 0 Å². The maximum Gasteiger partial charge on any atom is 0.219 e. The molecule has 0 aromatic carbocycles. The van der Waals surface area contributed by atoms with Crippen LogP contribution in [0.2, 0.25) is 0 Å². The summed E-state index contributed by atoms with van der Waals surface area (Å²) in [5.74, 6) is 1.14. The summed E-state index contributed by atoms with van der Waals surface area (Å²) in [6.45, 7) is 5.79. The molecule has 0 fully saturated rings. The Labute approximate surface area is 106 Å². The maximum absolute atomic E-state index is 9.37. The van der Waals surface area contributed by atoms with E-state index in [2.05, 4.69) is 10.1 Å². The largest absolute Gasteiger partial charge is 0.436 e. The van der Waals surface area contributed by atoms with Crippen LogP contribution in [-0.4, -0.2) is 19.9 Å². The first-order chi connectivity index (χ1) is 8.56. The summed E-state index contributed by atoms with van der Waals surface area (Å²) in [4.78, 5) is 4.13.